The van der Waals surface area contributed by atoms with E-state index in [2.05, 4.69) is 20.3 Å². The number of aromatic nitrogens is 3. The third-order valence-electron chi connectivity index (χ3n) is 5.00. The summed E-state index contributed by atoms with van der Waals surface area (Å²) in [5.74, 6) is 1.05. The molecule has 4 rings (SSSR count). The first-order chi connectivity index (χ1) is 12.3. The molecule has 130 valence electrons. The number of morpholine rings is 1. The molecule has 0 spiro atoms. The molecule has 7 heteroatoms. The molecular formula is C18H21N5O2. The number of pyridine rings is 1. The van der Waals surface area contributed by atoms with Crippen molar-refractivity contribution >= 4 is 11.9 Å². The fourth-order valence-electron chi connectivity index (χ4n) is 3.80. The van der Waals surface area contributed by atoms with Crippen molar-refractivity contribution in [2.75, 3.05) is 25.0 Å². The molecule has 0 bridgehead atoms. The predicted molar refractivity (Wildman–Crippen MR) is 92.0 cm³/mol. The molecule has 1 aliphatic heterocycles. The Kier molecular flexibility index (Phi) is 4.56. The highest BCUT2D eigenvalue weighted by Gasteiger charge is 2.44. The van der Waals surface area contributed by atoms with E-state index < -0.39 is 0 Å². The summed E-state index contributed by atoms with van der Waals surface area (Å²) in [5.41, 5.74) is 0.690. The molecule has 25 heavy (non-hydrogen) atoms. The van der Waals surface area contributed by atoms with Gasteiger partial charge in [0.05, 0.1) is 18.8 Å². The van der Waals surface area contributed by atoms with E-state index in [0.29, 0.717) is 30.6 Å². The number of anilines is 1. The third-order valence-corrected chi connectivity index (χ3v) is 5.00. The van der Waals surface area contributed by atoms with Crippen molar-refractivity contribution < 1.29 is 9.53 Å². The molecule has 0 unspecified atom stereocenters. The van der Waals surface area contributed by atoms with Gasteiger partial charge in [-0.2, -0.15) is 0 Å². The lowest BCUT2D eigenvalue weighted by atomic mass is 10.0. The van der Waals surface area contributed by atoms with Gasteiger partial charge < -0.3 is 15.0 Å². The summed E-state index contributed by atoms with van der Waals surface area (Å²) in [5, 5.41) is 3.28. The number of ether oxygens (including phenoxy) is 1. The summed E-state index contributed by atoms with van der Waals surface area (Å²) < 4.78 is 6.03. The normalized spacial score (nSPS) is 25.4. The minimum absolute atomic E-state index is 0.0655. The smallest absolute Gasteiger partial charge is 0.254 e. The van der Waals surface area contributed by atoms with Gasteiger partial charge in [-0.3, -0.25) is 9.78 Å². The molecule has 1 N–H and O–H groups in total. The van der Waals surface area contributed by atoms with Crippen LogP contribution in [0, 0.1) is 5.92 Å². The van der Waals surface area contributed by atoms with E-state index in [1.807, 2.05) is 4.90 Å². The van der Waals surface area contributed by atoms with Gasteiger partial charge >= 0.3 is 0 Å². The number of hydrogen-bond acceptors (Lipinski definition) is 6. The summed E-state index contributed by atoms with van der Waals surface area (Å²) in [6.07, 6.45) is 8.81. The zero-order chi connectivity index (χ0) is 17.1. The summed E-state index contributed by atoms with van der Waals surface area (Å²) in [7, 11) is 0. The lowest BCUT2D eigenvalue weighted by Crippen LogP contribution is -2.53. The summed E-state index contributed by atoms with van der Waals surface area (Å²) in [4.78, 5) is 27.2. The van der Waals surface area contributed by atoms with Gasteiger partial charge in [-0.05, 0) is 31.0 Å². The Morgan fingerprint density at radius 2 is 2.00 bits per heavy atom. The molecule has 2 aliphatic rings. The molecule has 7 nitrogen and oxygen atoms in total. The molecule has 1 aliphatic carbocycles. The van der Waals surface area contributed by atoms with Crippen molar-refractivity contribution in [1.82, 2.24) is 19.9 Å². The minimum atomic E-state index is 0.0655. The van der Waals surface area contributed by atoms with Gasteiger partial charge in [-0.15, -0.1) is 0 Å². The van der Waals surface area contributed by atoms with Crippen LogP contribution in [0.3, 0.4) is 0 Å². The Morgan fingerprint density at radius 1 is 1.20 bits per heavy atom. The van der Waals surface area contributed by atoms with Crippen molar-refractivity contribution in [2.45, 2.75) is 25.0 Å². The highest BCUT2D eigenvalue weighted by atomic mass is 16.5. The van der Waals surface area contributed by atoms with Crippen molar-refractivity contribution in [3.8, 4) is 0 Å². The fraction of sp³-hybridized carbons (Fsp3) is 0.444. The molecule has 1 saturated heterocycles. The van der Waals surface area contributed by atoms with Crippen LogP contribution in [0.15, 0.2) is 43.0 Å². The zero-order valence-electron chi connectivity index (χ0n) is 13.9. The van der Waals surface area contributed by atoms with E-state index in [1.165, 1.54) is 0 Å². The van der Waals surface area contributed by atoms with Gasteiger partial charge in [0.2, 0.25) is 5.95 Å². The van der Waals surface area contributed by atoms with E-state index in [1.54, 1.807) is 43.0 Å². The predicted octanol–water partition coefficient (Wildman–Crippen LogP) is 1.60. The first-order valence-electron chi connectivity index (χ1n) is 8.66. The van der Waals surface area contributed by atoms with Gasteiger partial charge in [0, 0.05) is 49.4 Å². The number of carbonyl (C=O) groups is 1. The second-order valence-electron chi connectivity index (χ2n) is 6.43. The summed E-state index contributed by atoms with van der Waals surface area (Å²) in [6.45, 7) is 1.98. The number of fused-ring (bicyclic) bond motifs is 1. The molecule has 2 aromatic heterocycles. The topological polar surface area (TPSA) is 80.2 Å². The van der Waals surface area contributed by atoms with E-state index in [-0.39, 0.29) is 18.1 Å². The molecule has 0 aromatic carbocycles. The van der Waals surface area contributed by atoms with Crippen LogP contribution in [0.1, 0.15) is 23.2 Å². The van der Waals surface area contributed by atoms with Gasteiger partial charge in [0.15, 0.2) is 0 Å². The molecule has 2 fully saturated rings. The highest BCUT2D eigenvalue weighted by molar-refractivity contribution is 5.94. The van der Waals surface area contributed by atoms with Crippen molar-refractivity contribution in [2.24, 2.45) is 5.92 Å². The number of nitrogens with one attached hydrogen (secondary N) is 1. The van der Waals surface area contributed by atoms with E-state index in [9.17, 15) is 4.79 Å². The van der Waals surface area contributed by atoms with Crippen LogP contribution in [0.4, 0.5) is 5.95 Å². The Bertz CT molecular complexity index is 712. The number of amides is 1. The lowest BCUT2D eigenvalue weighted by Gasteiger charge is -2.39. The number of carbonyl (C=O) groups excluding carboxylic acids is 1. The Morgan fingerprint density at radius 3 is 2.80 bits per heavy atom. The van der Waals surface area contributed by atoms with Gasteiger partial charge in [0.25, 0.3) is 5.91 Å². The van der Waals surface area contributed by atoms with Crippen LogP contribution in [0.2, 0.25) is 0 Å². The second kappa shape index (κ2) is 7.14. The van der Waals surface area contributed by atoms with Crippen LogP contribution >= 0.6 is 0 Å². The van der Waals surface area contributed by atoms with Crippen LogP contribution in [-0.4, -0.2) is 57.6 Å². The fourth-order valence-corrected chi connectivity index (χ4v) is 3.80. The monoisotopic (exact) mass is 339 g/mol. The van der Waals surface area contributed by atoms with Crippen LogP contribution in [0.25, 0.3) is 0 Å². The molecule has 1 saturated carbocycles. The minimum Gasteiger partial charge on any atom is -0.374 e. The SMILES string of the molecule is O=C(c1ccncc1)N1CCO[C@@H]2[C@H](CNc3ncccn3)CC[C@@H]21. The maximum atomic E-state index is 12.8. The van der Waals surface area contributed by atoms with E-state index in [4.69, 9.17) is 4.74 Å². The van der Waals surface area contributed by atoms with Crippen LogP contribution < -0.4 is 5.32 Å². The Balaban J connectivity index is 1.42. The largest absolute Gasteiger partial charge is 0.374 e. The standard InChI is InChI=1S/C18H21N5O2/c24-17(13-4-8-19-9-5-13)23-10-11-25-16-14(2-3-15(16)23)12-22-18-20-6-1-7-21-18/h1,4-9,14-16H,2-3,10-12H2,(H,20,21,22)/t14-,15-,16+/m0/s1. The molecule has 2 aromatic rings. The van der Waals surface area contributed by atoms with Crippen LogP contribution in [0.5, 0.6) is 0 Å². The third kappa shape index (κ3) is 3.32. The summed E-state index contributed by atoms with van der Waals surface area (Å²) >= 11 is 0. The highest BCUT2D eigenvalue weighted by Crippen LogP contribution is 2.35. The van der Waals surface area contributed by atoms with E-state index in [0.717, 1.165) is 19.4 Å². The number of hydrogen-bond donors (Lipinski definition) is 1. The Labute approximate surface area is 146 Å². The molecule has 3 atom stereocenters. The van der Waals surface area contributed by atoms with Crippen molar-refractivity contribution in [1.29, 1.82) is 0 Å². The molecule has 0 radical (unpaired) electrons. The molecule has 1 amide bonds. The van der Waals surface area contributed by atoms with Crippen molar-refractivity contribution in [3.05, 3.63) is 48.5 Å². The maximum absolute atomic E-state index is 12.8. The van der Waals surface area contributed by atoms with Crippen molar-refractivity contribution in [3.63, 3.8) is 0 Å². The number of rotatable bonds is 4. The first kappa shape index (κ1) is 16.0. The van der Waals surface area contributed by atoms with Gasteiger partial charge in [-0.25, -0.2) is 9.97 Å². The summed E-state index contributed by atoms with van der Waals surface area (Å²) in [6, 6.07) is 5.47. The van der Waals surface area contributed by atoms with Crippen LogP contribution in [-0.2, 0) is 4.74 Å². The number of nitrogens with zero attached hydrogens (tertiary/aromatic N) is 4. The first-order valence-corrected chi connectivity index (χ1v) is 8.66. The van der Waals surface area contributed by atoms with E-state index >= 15 is 0 Å². The Hall–Kier alpha value is -2.54. The van der Waals surface area contributed by atoms with Gasteiger partial charge in [-0.1, -0.05) is 0 Å². The molecule has 3 heterocycles. The quantitative estimate of drug-likeness (QED) is 0.911. The molecular weight excluding hydrogens is 318 g/mol. The van der Waals surface area contributed by atoms with Gasteiger partial charge in [0.1, 0.15) is 0 Å². The average molecular weight is 339 g/mol. The zero-order valence-corrected chi connectivity index (χ0v) is 13.9. The second-order valence-corrected chi connectivity index (χ2v) is 6.43. The lowest BCUT2D eigenvalue weighted by molar-refractivity contribution is -0.0602. The maximum Gasteiger partial charge on any atom is 0.254 e. The average Bonchev–Trinajstić information content (AvgIpc) is 3.10.